The van der Waals surface area contributed by atoms with E-state index in [2.05, 4.69) is 31.4 Å². The van der Waals surface area contributed by atoms with Crippen LogP contribution >= 0.6 is 0 Å². The van der Waals surface area contributed by atoms with Crippen LogP contribution in [0.25, 0.3) is 0 Å². The molecule has 1 aliphatic carbocycles. The smallest absolute Gasteiger partial charge is 0.239 e. The number of carbonyl (C=O) groups is 2. The summed E-state index contributed by atoms with van der Waals surface area (Å²) in [6, 6.07) is 0.0939. The van der Waals surface area contributed by atoms with Gasteiger partial charge in [0.15, 0.2) is 0 Å². The topological polar surface area (TPSA) is 93.5 Å². The fraction of sp³-hybridized carbons (Fsp3) is 0.857. The van der Waals surface area contributed by atoms with E-state index in [9.17, 15) is 9.59 Å². The maximum absolute atomic E-state index is 11.7. The lowest BCUT2D eigenvalue weighted by molar-refractivity contribution is -0.138. The van der Waals surface area contributed by atoms with Crippen LogP contribution in [0.2, 0.25) is 0 Å². The van der Waals surface area contributed by atoms with Crippen LogP contribution in [0.3, 0.4) is 0 Å². The van der Waals surface area contributed by atoms with Gasteiger partial charge in [0.05, 0.1) is 19.2 Å². The summed E-state index contributed by atoms with van der Waals surface area (Å²) >= 11 is 0. The molecule has 6 nitrogen and oxygen atoms in total. The molecule has 2 atom stereocenters. The highest BCUT2D eigenvalue weighted by atomic mass is 16.5. The molecule has 0 radical (unpaired) electrons. The standard InChI is InChI=1S/C14H27N3O3/c1-4-5-6-20-11-7-10(14(11,2)3)17-13(19)9-16-12(18)8-15/h10-11H,4-9,15H2,1-3H3,(H,16,18)(H,17,19). The van der Waals surface area contributed by atoms with Crippen LogP contribution in [-0.4, -0.2) is 43.7 Å². The highest BCUT2D eigenvalue weighted by Gasteiger charge is 2.49. The lowest BCUT2D eigenvalue weighted by atomic mass is 9.64. The Hall–Kier alpha value is -1.14. The molecular weight excluding hydrogens is 258 g/mol. The van der Waals surface area contributed by atoms with E-state index in [-0.39, 0.29) is 42.5 Å². The molecular formula is C14H27N3O3. The fourth-order valence-corrected chi connectivity index (χ4v) is 2.28. The molecule has 1 rings (SSSR count). The van der Waals surface area contributed by atoms with Gasteiger partial charge in [0.2, 0.25) is 11.8 Å². The van der Waals surface area contributed by atoms with Crippen molar-refractivity contribution >= 4 is 11.8 Å². The summed E-state index contributed by atoms with van der Waals surface area (Å²) < 4.78 is 5.82. The Kier molecular flexibility index (Phi) is 6.42. The molecule has 0 bridgehead atoms. The summed E-state index contributed by atoms with van der Waals surface area (Å²) in [5.41, 5.74) is 5.09. The van der Waals surface area contributed by atoms with E-state index in [4.69, 9.17) is 10.5 Å². The second kappa shape index (κ2) is 7.59. The lowest BCUT2D eigenvalue weighted by Gasteiger charge is -2.51. The van der Waals surface area contributed by atoms with Crippen LogP contribution in [0.1, 0.15) is 40.0 Å². The molecule has 2 unspecified atom stereocenters. The minimum atomic E-state index is -0.325. The zero-order valence-corrected chi connectivity index (χ0v) is 12.7. The summed E-state index contributed by atoms with van der Waals surface area (Å²) in [7, 11) is 0. The quantitative estimate of drug-likeness (QED) is 0.554. The molecule has 6 heteroatoms. The molecule has 20 heavy (non-hydrogen) atoms. The first-order valence-corrected chi connectivity index (χ1v) is 7.29. The number of nitrogens with two attached hydrogens (primary N) is 1. The van der Waals surface area contributed by atoms with Crippen molar-refractivity contribution in [1.82, 2.24) is 10.6 Å². The van der Waals surface area contributed by atoms with E-state index in [1.54, 1.807) is 0 Å². The van der Waals surface area contributed by atoms with Gasteiger partial charge in [-0.1, -0.05) is 27.2 Å². The zero-order chi connectivity index (χ0) is 15.2. The van der Waals surface area contributed by atoms with Gasteiger partial charge in [0.1, 0.15) is 0 Å². The molecule has 4 N–H and O–H groups in total. The van der Waals surface area contributed by atoms with Gasteiger partial charge in [-0.15, -0.1) is 0 Å². The molecule has 2 amide bonds. The third kappa shape index (κ3) is 4.45. The molecule has 0 aliphatic heterocycles. The van der Waals surface area contributed by atoms with Gasteiger partial charge in [0.25, 0.3) is 0 Å². The van der Waals surface area contributed by atoms with Crippen molar-refractivity contribution in [2.45, 2.75) is 52.2 Å². The average molecular weight is 285 g/mol. The Balaban J connectivity index is 2.29. The molecule has 0 aromatic rings. The molecule has 1 saturated carbocycles. The van der Waals surface area contributed by atoms with Crippen molar-refractivity contribution in [2.75, 3.05) is 19.7 Å². The number of hydrogen-bond acceptors (Lipinski definition) is 4. The van der Waals surface area contributed by atoms with E-state index in [1.165, 1.54) is 0 Å². The van der Waals surface area contributed by atoms with Crippen molar-refractivity contribution in [2.24, 2.45) is 11.1 Å². The number of amides is 2. The first-order chi connectivity index (χ1) is 9.41. The van der Waals surface area contributed by atoms with Gasteiger partial charge in [-0.2, -0.15) is 0 Å². The first kappa shape index (κ1) is 16.9. The van der Waals surface area contributed by atoms with Gasteiger partial charge in [-0.25, -0.2) is 0 Å². The van der Waals surface area contributed by atoms with Crippen molar-refractivity contribution in [3.05, 3.63) is 0 Å². The van der Waals surface area contributed by atoms with E-state index in [1.807, 2.05) is 0 Å². The monoisotopic (exact) mass is 285 g/mol. The normalized spacial score (nSPS) is 23.8. The molecule has 1 aliphatic rings. The summed E-state index contributed by atoms with van der Waals surface area (Å²) in [5.74, 6) is -0.509. The largest absolute Gasteiger partial charge is 0.378 e. The summed E-state index contributed by atoms with van der Waals surface area (Å²) in [6.07, 6.45) is 3.20. The van der Waals surface area contributed by atoms with Gasteiger partial charge in [-0.3, -0.25) is 9.59 Å². The maximum atomic E-state index is 11.7. The predicted octanol–water partition coefficient (Wildman–Crippen LogP) is 0.161. The summed E-state index contributed by atoms with van der Waals surface area (Å²) in [4.78, 5) is 22.7. The minimum Gasteiger partial charge on any atom is -0.378 e. The van der Waals surface area contributed by atoms with Crippen molar-refractivity contribution < 1.29 is 14.3 Å². The summed E-state index contributed by atoms with van der Waals surface area (Å²) in [5, 5.41) is 5.39. The second-order valence-electron chi connectivity index (χ2n) is 5.87. The van der Waals surface area contributed by atoms with Crippen LogP contribution < -0.4 is 16.4 Å². The molecule has 1 fully saturated rings. The van der Waals surface area contributed by atoms with Gasteiger partial charge in [-0.05, 0) is 12.8 Å². The number of hydrogen-bond donors (Lipinski definition) is 3. The van der Waals surface area contributed by atoms with E-state index in [0.29, 0.717) is 0 Å². The SMILES string of the molecule is CCCCOC1CC(NC(=O)CNC(=O)CN)C1(C)C. The third-order valence-electron chi connectivity index (χ3n) is 3.96. The number of rotatable bonds is 8. The second-order valence-corrected chi connectivity index (χ2v) is 5.87. The fourth-order valence-electron chi connectivity index (χ4n) is 2.28. The highest BCUT2D eigenvalue weighted by molar-refractivity contribution is 5.85. The minimum absolute atomic E-state index is 0.0238. The van der Waals surface area contributed by atoms with Crippen LogP contribution in [0.4, 0.5) is 0 Å². The van der Waals surface area contributed by atoms with Crippen LogP contribution in [-0.2, 0) is 14.3 Å². The van der Waals surface area contributed by atoms with Crippen LogP contribution in [0.5, 0.6) is 0 Å². The number of carbonyl (C=O) groups excluding carboxylic acids is 2. The molecule has 0 saturated heterocycles. The van der Waals surface area contributed by atoms with Gasteiger partial charge >= 0.3 is 0 Å². The van der Waals surface area contributed by atoms with Crippen molar-refractivity contribution in [3.63, 3.8) is 0 Å². The van der Waals surface area contributed by atoms with E-state index in [0.717, 1.165) is 25.9 Å². The predicted molar refractivity (Wildman–Crippen MR) is 77.0 cm³/mol. The first-order valence-electron chi connectivity index (χ1n) is 7.29. The van der Waals surface area contributed by atoms with E-state index >= 15 is 0 Å². The molecule has 0 aromatic carbocycles. The Bertz CT molecular complexity index is 345. The Morgan fingerprint density at radius 2 is 2.05 bits per heavy atom. The summed E-state index contributed by atoms with van der Waals surface area (Å²) in [6.45, 7) is 6.97. The Labute approximate surface area is 120 Å². The third-order valence-corrected chi connectivity index (χ3v) is 3.96. The van der Waals surface area contributed by atoms with E-state index < -0.39 is 0 Å². The highest BCUT2D eigenvalue weighted by Crippen LogP contribution is 2.42. The van der Waals surface area contributed by atoms with Crippen molar-refractivity contribution in [1.29, 1.82) is 0 Å². The van der Waals surface area contributed by atoms with Crippen LogP contribution in [0, 0.1) is 5.41 Å². The zero-order valence-electron chi connectivity index (χ0n) is 12.7. The lowest BCUT2D eigenvalue weighted by Crippen LogP contribution is -2.63. The van der Waals surface area contributed by atoms with Crippen molar-refractivity contribution in [3.8, 4) is 0 Å². The molecule has 0 aromatic heterocycles. The maximum Gasteiger partial charge on any atom is 0.239 e. The number of unbranched alkanes of at least 4 members (excludes halogenated alkanes) is 1. The number of nitrogens with one attached hydrogen (secondary N) is 2. The molecule has 0 heterocycles. The molecule has 0 spiro atoms. The Morgan fingerprint density at radius 3 is 2.60 bits per heavy atom. The average Bonchev–Trinajstić information content (AvgIpc) is 2.42. The van der Waals surface area contributed by atoms with Crippen LogP contribution in [0.15, 0.2) is 0 Å². The van der Waals surface area contributed by atoms with Gasteiger partial charge in [0, 0.05) is 18.1 Å². The number of ether oxygens (including phenoxy) is 1. The Morgan fingerprint density at radius 1 is 1.35 bits per heavy atom. The molecule has 116 valence electrons. The van der Waals surface area contributed by atoms with Gasteiger partial charge < -0.3 is 21.1 Å².